The summed E-state index contributed by atoms with van der Waals surface area (Å²) in [6.45, 7) is 7.45. The van der Waals surface area contributed by atoms with Crippen molar-refractivity contribution in [2.24, 2.45) is 10.9 Å². The maximum atomic E-state index is 13.2. The fourth-order valence-corrected chi connectivity index (χ4v) is 4.30. The first-order valence-corrected chi connectivity index (χ1v) is 11.8. The fraction of sp³-hybridized carbons (Fsp3) is 0.407. The molecule has 1 aliphatic heterocycles. The standard InChI is InChI=1S/C27H33N2O5/c1-19(2)18-34-27(30)25-24(20-7-5-4-6-8-20)22-10-9-21(17-23(22)26(25)28-3)33-16-13-29(31)11-14-32-15-12-29/h4-10,17,19,31H,11-16,18H2,1-3H3/q+1. The molecule has 0 radical (unpaired) electrons. The molecule has 1 heterocycles. The summed E-state index contributed by atoms with van der Waals surface area (Å²) in [7, 11) is 1.69. The Bertz CT molecular complexity index is 1090. The Morgan fingerprint density at radius 3 is 2.53 bits per heavy atom. The minimum atomic E-state index is -0.370. The molecule has 0 atom stereocenters. The molecule has 0 spiro atoms. The van der Waals surface area contributed by atoms with E-state index in [-0.39, 0.29) is 16.5 Å². The molecule has 180 valence electrons. The van der Waals surface area contributed by atoms with Crippen LogP contribution in [0.4, 0.5) is 0 Å². The smallest absolute Gasteiger partial charge is 0.341 e. The van der Waals surface area contributed by atoms with Gasteiger partial charge in [-0.1, -0.05) is 44.2 Å². The van der Waals surface area contributed by atoms with Crippen molar-refractivity contribution in [2.45, 2.75) is 13.8 Å². The number of rotatable bonds is 8. The number of morpholine rings is 1. The SMILES string of the molecule is CN=C1C(C(=O)OCC(C)C)=C(c2ccccc2)c2ccc(OCC[N+]3(O)CCOCC3)cc21. The van der Waals surface area contributed by atoms with Gasteiger partial charge in [-0.2, -0.15) is 4.65 Å². The number of nitrogens with zero attached hydrogens (tertiary/aromatic N) is 2. The van der Waals surface area contributed by atoms with Crippen LogP contribution in [-0.2, 0) is 14.3 Å². The lowest BCUT2D eigenvalue weighted by molar-refractivity contribution is -1.11. The van der Waals surface area contributed by atoms with Crippen molar-refractivity contribution < 1.29 is 28.9 Å². The Kier molecular flexibility index (Phi) is 7.46. The van der Waals surface area contributed by atoms with Crippen molar-refractivity contribution in [3.8, 4) is 5.75 Å². The molecule has 0 unspecified atom stereocenters. The molecule has 0 aromatic heterocycles. The van der Waals surface area contributed by atoms with Gasteiger partial charge in [-0.05, 0) is 35.2 Å². The van der Waals surface area contributed by atoms with Crippen LogP contribution in [0.3, 0.4) is 0 Å². The summed E-state index contributed by atoms with van der Waals surface area (Å²) >= 11 is 0. The molecular weight excluding hydrogens is 432 g/mol. The Labute approximate surface area is 200 Å². The van der Waals surface area contributed by atoms with Crippen LogP contribution in [0, 0.1) is 5.92 Å². The molecule has 2 aromatic carbocycles. The first-order chi connectivity index (χ1) is 16.4. The van der Waals surface area contributed by atoms with Gasteiger partial charge in [0.05, 0.1) is 31.1 Å². The highest BCUT2D eigenvalue weighted by atomic mass is 16.6. The van der Waals surface area contributed by atoms with E-state index in [0.29, 0.717) is 63.1 Å². The van der Waals surface area contributed by atoms with Crippen LogP contribution in [0.5, 0.6) is 5.75 Å². The second-order valence-electron chi connectivity index (χ2n) is 9.11. The summed E-state index contributed by atoms with van der Waals surface area (Å²) in [6, 6.07) is 15.6. The lowest BCUT2D eigenvalue weighted by atomic mass is 9.97. The van der Waals surface area contributed by atoms with Crippen LogP contribution in [-0.4, -0.2) is 74.6 Å². The zero-order chi connectivity index (χ0) is 24.1. The van der Waals surface area contributed by atoms with Gasteiger partial charge < -0.3 is 14.2 Å². The third kappa shape index (κ3) is 5.22. The molecule has 0 bridgehead atoms. The van der Waals surface area contributed by atoms with Gasteiger partial charge in [0.25, 0.3) is 0 Å². The van der Waals surface area contributed by atoms with Crippen molar-refractivity contribution in [1.82, 2.24) is 0 Å². The number of carbonyl (C=O) groups is 1. The van der Waals surface area contributed by atoms with Crippen LogP contribution >= 0.6 is 0 Å². The number of hydrogen-bond donors (Lipinski definition) is 1. The molecule has 34 heavy (non-hydrogen) atoms. The number of hydroxylamine groups is 3. The Hall–Kier alpha value is -3.00. The van der Waals surface area contributed by atoms with E-state index in [2.05, 4.69) is 4.99 Å². The second kappa shape index (κ2) is 10.5. The van der Waals surface area contributed by atoms with E-state index >= 15 is 0 Å². The zero-order valence-corrected chi connectivity index (χ0v) is 20.1. The number of esters is 1. The van der Waals surface area contributed by atoms with Crippen LogP contribution in [0.1, 0.15) is 30.5 Å². The summed E-state index contributed by atoms with van der Waals surface area (Å²) in [4.78, 5) is 17.7. The monoisotopic (exact) mass is 465 g/mol. The van der Waals surface area contributed by atoms with E-state index in [1.54, 1.807) is 7.05 Å². The molecule has 1 N–H and O–H groups in total. The van der Waals surface area contributed by atoms with Crippen LogP contribution in [0.15, 0.2) is 59.1 Å². The van der Waals surface area contributed by atoms with Crippen molar-refractivity contribution in [1.29, 1.82) is 0 Å². The van der Waals surface area contributed by atoms with Gasteiger partial charge in [-0.3, -0.25) is 4.99 Å². The lowest BCUT2D eigenvalue weighted by Crippen LogP contribution is -2.54. The largest absolute Gasteiger partial charge is 0.488 e. The van der Waals surface area contributed by atoms with E-state index in [9.17, 15) is 10.0 Å². The van der Waals surface area contributed by atoms with E-state index < -0.39 is 0 Å². The normalized spacial score (nSPS) is 18.3. The highest BCUT2D eigenvalue weighted by Gasteiger charge is 2.34. The third-order valence-corrected chi connectivity index (χ3v) is 6.12. The first kappa shape index (κ1) is 24.1. The minimum Gasteiger partial charge on any atom is -0.488 e. The quantitative estimate of drug-likeness (QED) is 0.475. The summed E-state index contributed by atoms with van der Waals surface area (Å²) < 4.78 is 16.9. The maximum Gasteiger partial charge on any atom is 0.341 e. The summed E-state index contributed by atoms with van der Waals surface area (Å²) in [6.07, 6.45) is 0. The predicted octanol–water partition coefficient (Wildman–Crippen LogP) is 3.74. The summed E-state index contributed by atoms with van der Waals surface area (Å²) in [5.41, 5.74) is 4.61. The number of hydrogen-bond acceptors (Lipinski definition) is 6. The fourth-order valence-electron chi connectivity index (χ4n) is 4.30. The van der Waals surface area contributed by atoms with E-state index in [0.717, 1.165) is 22.3 Å². The zero-order valence-electron chi connectivity index (χ0n) is 20.1. The van der Waals surface area contributed by atoms with E-state index in [4.69, 9.17) is 14.2 Å². The Balaban J connectivity index is 1.62. The molecule has 7 nitrogen and oxygen atoms in total. The molecule has 7 heteroatoms. The van der Waals surface area contributed by atoms with Gasteiger partial charge in [0.1, 0.15) is 32.0 Å². The molecule has 2 aromatic rings. The number of carbonyl (C=O) groups excluding carboxylic acids is 1. The van der Waals surface area contributed by atoms with Gasteiger partial charge in [0, 0.05) is 18.2 Å². The van der Waals surface area contributed by atoms with Crippen LogP contribution in [0.2, 0.25) is 0 Å². The molecule has 1 fully saturated rings. The number of benzene rings is 2. The van der Waals surface area contributed by atoms with Crippen LogP contribution < -0.4 is 4.74 Å². The van der Waals surface area contributed by atoms with Crippen LogP contribution in [0.25, 0.3) is 5.57 Å². The summed E-state index contributed by atoms with van der Waals surface area (Å²) in [5.74, 6) is 0.536. The third-order valence-electron chi connectivity index (χ3n) is 6.12. The molecular formula is C27H33N2O5+. The van der Waals surface area contributed by atoms with E-state index in [1.165, 1.54) is 0 Å². The summed E-state index contributed by atoms with van der Waals surface area (Å²) in [5, 5.41) is 10.6. The van der Waals surface area contributed by atoms with Gasteiger partial charge >= 0.3 is 5.97 Å². The highest BCUT2D eigenvalue weighted by molar-refractivity contribution is 6.37. The molecule has 4 rings (SSSR count). The topological polar surface area (TPSA) is 77.4 Å². The molecule has 1 saturated heterocycles. The number of quaternary nitrogens is 1. The first-order valence-electron chi connectivity index (χ1n) is 11.8. The van der Waals surface area contributed by atoms with Crippen molar-refractivity contribution in [3.05, 3.63) is 70.8 Å². The van der Waals surface area contributed by atoms with Crippen molar-refractivity contribution >= 4 is 17.3 Å². The average Bonchev–Trinajstić information content (AvgIpc) is 3.17. The lowest BCUT2D eigenvalue weighted by Gasteiger charge is -2.33. The van der Waals surface area contributed by atoms with Gasteiger partial charge in [0.15, 0.2) is 0 Å². The highest BCUT2D eigenvalue weighted by Crippen LogP contribution is 2.40. The van der Waals surface area contributed by atoms with Gasteiger partial charge in [-0.15, -0.1) is 0 Å². The number of ether oxygens (including phenoxy) is 3. The predicted molar refractivity (Wildman–Crippen MR) is 130 cm³/mol. The van der Waals surface area contributed by atoms with Gasteiger partial charge in [0.2, 0.25) is 0 Å². The minimum absolute atomic E-state index is 0.0435. The molecule has 1 aliphatic carbocycles. The maximum absolute atomic E-state index is 13.2. The second-order valence-corrected chi connectivity index (χ2v) is 9.11. The van der Waals surface area contributed by atoms with Crippen molar-refractivity contribution in [2.75, 3.05) is 53.1 Å². The Morgan fingerprint density at radius 1 is 1.12 bits per heavy atom. The molecule has 2 aliphatic rings. The molecule has 0 saturated carbocycles. The number of aliphatic imine (C=N–C) groups is 1. The Morgan fingerprint density at radius 2 is 1.85 bits per heavy atom. The van der Waals surface area contributed by atoms with Gasteiger partial charge in [-0.25, -0.2) is 10.0 Å². The molecule has 0 amide bonds. The van der Waals surface area contributed by atoms with E-state index in [1.807, 2.05) is 62.4 Å². The number of fused-ring (bicyclic) bond motifs is 1. The van der Waals surface area contributed by atoms with Crippen molar-refractivity contribution in [3.63, 3.8) is 0 Å². The average molecular weight is 466 g/mol.